The van der Waals surface area contributed by atoms with Crippen molar-refractivity contribution in [3.05, 3.63) is 51.2 Å². The summed E-state index contributed by atoms with van der Waals surface area (Å²) in [5, 5.41) is 8.43. The van der Waals surface area contributed by atoms with Gasteiger partial charge in [0.25, 0.3) is 0 Å². The number of ether oxygens (including phenoxy) is 1. The second-order valence-electron chi connectivity index (χ2n) is 6.21. The molecule has 1 aliphatic heterocycles. The number of halogens is 3. The van der Waals surface area contributed by atoms with E-state index >= 15 is 0 Å². The monoisotopic (exact) mass is 567 g/mol. The predicted molar refractivity (Wildman–Crippen MR) is 123 cm³/mol. The second kappa shape index (κ2) is 10.6. The van der Waals surface area contributed by atoms with E-state index in [0.29, 0.717) is 6.61 Å². The molecule has 0 aliphatic carbocycles. The summed E-state index contributed by atoms with van der Waals surface area (Å²) in [4.78, 5) is 6.66. The number of guanidine groups is 1. The van der Waals surface area contributed by atoms with Crippen LogP contribution >= 0.6 is 51.5 Å². The molecule has 148 valence electrons. The van der Waals surface area contributed by atoms with Crippen LogP contribution in [0.15, 0.2) is 40.1 Å². The molecule has 0 amide bonds. The van der Waals surface area contributed by atoms with Crippen molar-refractivity contribution < 1.29 is 4.74 Å². The van der Waals surface area contributed by atoms with Crippen molar-refractivity contribution >= 4 is 57.5 Å². The molecule has 0 bridgehead atoms. The number of rotatable bonds is 4. The second-order valence-corrected chi connectivity index (χ2v) is 7.50. The van der Waals surface area contributed by atoms with Crippen LogP contribution in [0.3, 0.4) is 0 Å². The Morgan fingerprint density at radius 2 is 2.30 bits per heavy atom. The standard InChI is InChI=1S/C18H23BrClN5O.HI/c1-21-18(22-6-5-13-9-15(20)3-4-16(13)19)25-7-8-26-17(12-25)14-10-23-24(2)11-14;/h3-4,9-11,17H,5-8,12H2,1-2H3,(H,21,22);1H. The van der Waals surface area contributed by atoms with Gasteiger partial charge in [-0.25, -0.2) is 0 Å². The number of hydrogen-bond acceptors (Lipinski definition) is 3. The maximum absolute atomic E-state index is 6.09. The van der Waals surface area contributed by atoms with Gasteiger partial charge in [0.15, 0.2) is 5.96 Å². The molecule has 1 unspecified atom stereocenters. The molecule has 1 aromatic heterocycles. The summed E-state index contributed by atoms with van der Waals surface area (Å²) in [6.45, 7) is 3.02. The zero-order valence-corrected chi connectivity index (χ0v) is 20.0. The third kappa shape index (κ3) is 6.07. The fraction of sp³-hybridized carbons (Fsp3) is 0.444. The molecule has 1 N–H and O–H groups in total. The Kier molecular flexibility index (Phi) is 8.84. The zero-order chi connectivity index (χ0) is 18.5. The topological polar surface area (TPSA) is 54.7 Å². The van der Waals surface area contributed by atoms with Gasteiger partial charge in [0, 0.05) is 48.4 Å². The molecule has 6 nitrogen and oxygen atoms in total. The van der Waals surface area contributed by atoms with Crippen LogP contribution in [0.1, 0.15) is 17.2 Å². The highest BCUT2D eigenvalue weighted by Crippen LogP contribution is 2.22. The molecular formula is C18H24BrClIN5O. The summed E-state index contributed by atoms with van der Waals surface area (Å²) in [5.74, 6) is 0.889. The Labute approximate surface area is 190 Å². The number of aromatic nitrogens is 2. The Hall–Kier alpha value is -0.840. The summed E-state index contributed by atoms with van der Waals surface area (Å²) in [5.41, 5.74) is 2.27. The van der Waals surface area contributed by atoms with Crippen molar-refractivity contribution in [2.45, 2.75) is 12.5 Å². The van der Waals surface area contributed by atoms with Crippen LogP contribution in [0.25, 0.3) is 0 Å². The number of aliphatic imine (C=N–C) groups is 1. The minimum absolute atomic E-state index is 0. The Bertz CT molecular complexity index is 785. The lowest BCUT2D eigenvalue weighted by molar-refractivity contribution is -0.00800. The summed E-state index contributed by atoms with van der Waals surface area (Å²) in [7, 11) is 3.73. The summed E-state index contributed by atoms with van der Waals surface area (Å²) >= 11 is 9.66. The van der Waals surface area contributed by atoms with E-state index in [9.17, 15) is 0 Å². The molecule has 1 aliphatic rings. The number of benzene rings is 1. The quantitative estimate of drug-likeness (QED) is 0.348. The van der Waals surface area contributed by atoms with Gasteiger partial charge < -0.3 is 15.0 Å². The van der Waals surface area contributed by atoms with Gasteiger partial charge in [-0.05, 0) is 30.2 Å². The SMILES string of the molecule is CN=C(NCCc1cc(Cl)ccc1Br)N1CCOC(c2cnn(C)c2)C1.I. The maximum Gasteiger partial charge on any atom is 0.193 e. The normalized spacial score (nSPS) is 17.6. The summed E-state index contributed by atoms with van der Waals surface area (Å²) in [6.07, 6.45) is 4.73. The molecule has 0 radical (unpaired) electrons. The molecule has 27 heavy (non-hydrogen) atoms. The third-order valence-electron chi connectivity index (χ3n) is 4.36. The van der Waals surface area contributed by atoms with E-state index in [2.05, 4.69) is 36.2 Å². The maximum atomic E-state index is 6.09. The molecule has 1 saturated heterocycles. The van der Waals surface area contributed by atoms with Crippen LogP contribution in [0, 0.1) is 0 Å². The van der Waals surface area contributed by atoms with Crippen LogP contribution in [0.4, 0.5) is 0 Å². The Morgan fingerprint density at radius 3 is 3.00 bits per heavy atom. The highest BCUT2D eigenvalue weighted by molar-refractivity contribution is 14.0. The van der Waals surface area contributed by atoms with Gasteiger partial charge in [0.05, 0.1) is 19.3 Å². The number of hydrogen-bond donors (Lipinski definition) is 1. The summed E-state index contributed by atoms with van der Waals surface area (Å²) in [6, 6.07) is 5.85. The van der Waals surface area contributed by atoms with Crippen LogP contribution in [-0.4, -0.2) is 53.9 Å². The third-order valence-corrected chi connectivity index (χ3v) is 5.37. The Balaban J connectivity index is 0.00000261. The van der Waals surface area contributed by atoms with Gasteiger partial charge >= 0.3 is 0 Å². The average Bonchev–Trinajstić information content (AvgIpc) is 3.08. The van der Waals surface area contributed by atoms with E-state index in [4.69, 9.17) is 16.3 Å². The van der Waals surface area contributed by atoms with Crippen molar-refractivity contribution in [3.63, 3.8) is 0 Å². The molecular weight excluding hydrogens is 544 g/mol. The molecule has 0 saturated carbocycles. The van der Waals surface area contributed by atoms with E-state index in [-0.39, 0.29) is 30.1 Å². The Morgan fingerprint density at radius 1 is 1.48 bits per heavy atom. The van der Waals surface area contributed by atoms with Crippen molar-refractivity contribution in [2.75, 3.05) is 33.3 Å². The molecule has 0 spiro atoms. The van der Waals surface area contributed by atoms with Crippen LogP contribution in [-0.2, 0) is 18.2 Å². The first-order valence-electron chi connectivity index (χ1n) is 8.56. The largest absolute Gasteiger partial charge is 0.370 e. The fourth-order valence-corrected chi connectivity index (χ4v) is 3.67. The highest BCUT2D eigenvalue weighted by Gasteiger charge is 2.25. The molecule has 1 fully saturated rings. The van der Waals surface area contributed by atoms with Gasteiger partial charge in [-0.1, -0.05) is 27.5 Å². The first kappa shape index (κ1) is 22.4. The lowest BCUT2D eigenvalue weighted by Crippen LogP contribution is -2.48. The van der Waals surface area contributed by atoms with Crippen molar-refractivity contribution in [3.8, 4) is 0 Å². The molecule has 3 rings (SSSR count). The summed E-state index contributed by atoms with van der Waals surface area (Å²) < 4.78 is 8.78. The van der Waals surface area contributed by atoms with Gasteiger partial charge in [0.2, 0.25) is 0 Å². The van der Waals surface area contributed by atoms with Gasteiger partial charge in [-0.3, -0.25) is 9.67 Å². The molecule has 2 heterocycles. The van der Waals surface area contributed by atoms with E-state index in [1.807, 2.05) is 44.7 Å². The van der Waals surface area contributed by atoms with Crippen LogP contribution in [0.2, 0.25) is 5.02 Å². The average molecular weight is 569 g/mol. The van der Waals surface area contributed by atoms with Crippen LogP contribution < -0.4 is 5.32 Å². The molecule has 2 aromatic rings. The lowest BCUT2D eigenvalue weighted by atomic mass is 10.1. The number of nitrogens with zero attached hydrogens (tertiary/aromatic N) is 4. The first-order chi connectivity index (χ1) is 12.6. The van der Waals surface area contributed by atoms with Crippen molar-refractivity contribution in [1.29, 1.82) is 0 Å². The number of morpholine rings is 1. The first-order valence-corrected chi connectivity index (χ1v) is 9.73. The zero-order valence-electron chi connectivity index (χ0n) is 15.4. The fourth-order valence-electron chi connectivity index (χ4n) is 3.03. The van der Waals surface area contributed by atoms with Gasteiger partial charge in [-0.2, -0.15) is 5.10 Å². The number of aryl methyl sites for hydroxylation is 1. The number of nitrogens with one attached hydrogen (secondary N) is 1. The molecule has 1 atom stereocenters. The van der Waals surface area contributed by atoms with E-state index in [1.54, 1.807) is 4.68 Å². The van der Waals surface area contributed by atoms with Gasteiger partial charge in [0.1, 0.15) is 6.10 Å². The predicted octanol–water partition coefficient (Wildman–Crippen LogP) is 3.65. The minimum atomic E-state index is 0. The lowest BCUT2D eigenvalue weighted by Gasteiger charge is -2.34. The molecule has 9 heteroatoms. The molecule has 1 aromatic carbocycles. The van der Waals surface area contributed by atoms with Crippen molar-refractivity contribution in [2.24, 2.45) is 12.0 Å². The highest BCUT2D eigenvalue weighted by atomic mass is 127. The minimum Gasteiger partial charge on any atom is -0.370 e. The van der Waals surface area contributed by atoms with Gasteiger partial charge in [-0.15, -0.1) is 24.0 Å². The van der Waals surface area contributed by atoms with E-state index < -0.39 is 0 Å². The van der Waals surface area contributed by atoms with E-state index in [1.165, 1.54) is 5.56 Å². The van der Waals surface area contributed by atoms with Crippen molar-refractivity contribution in [1.82, 2.24) is 20.0 Å². The van der Waals surface area contributed by atoms with E-state index in [0.717, 1.165) is 47.1 Å². The van der Waals surface area contributed by atoms with Crippen LogP contribution in [0.5, 0.6) is 0 Å². The smallest absolute Gasteiger partial charge is 0.193 e.